The molecule has 4 rings (SSSR count). The first-order chi connectivity index (χ1) is 16.0. The highest BCUT2D eigenvalue weighted by atomic mass is 35.5. The maximum Gasteiger partial charge on any atom is 0.318 e. The molecule has 1 aromatic carbocycles. The van der Waals surface area contributed by atoms with Crippen molar-refractivity contribution in [3.63, 3.8) is 0 Å². The van der Waals surface area contributed by atoms with E-state index in [0.717, 1.165) is 27.5 Å². The summed E-state index contributed by atoms with van der Waals surface area (Å²) in [7, 11) is 0. The van der Waals surface area contributed by atoms with E-state index in [0.29, 0.717) is 30.3 Å². The smallest absolute Gasteiger partial charge is 0.318 e. The minimum Gasteiger partial charge on any atom is -0.396 e. The van der Waals surface area contributed by atoms with Gasteiger partial charge in [0, 0.05) is 49.1 Å². The Hall–Kier alpha value is -3.01. The predicted molar refractivity (Wildman–Crippen MR) is 129 cm³/mol. The molecule has 4 aromatic rings. The van der Waals surface area contributed by atoms with Gasteiger partial charge >= 0.3 is 6.03 Å². The molecule has 0 spiro atoms. The molecular weight excluding hydrogens is 460 g/mol. The second-order valence-electron chi connectivity index (χ2n) is 7.53. The number of aromatic nitrogens is 4. The molecule has 0 aliphatic heterocycles. The third-order valence-corrected chi connectivity index (χ3v) is 6.58. The molecule has 2 amide bonds. The summed E-state index contributed by atoms with van der Waals surface area (Å²) in [6.45, 7) is 4.93. The molecule has 0 aliphatic rings. The maximum absolute atomic E-state index is 12.9. The largest absolute Gasteiger partial charge is 0.396 e. The zero-order valence-corrected chi connectivity index (χ0v) is 20.0. The molecular formula is C23H25ClN6O2S. The molecule has 0 unspecified atom stereocenters. The van der Waals surface area contributed by atoms with Gasteiger partial charge in [-0.15, -0.1) is 11.3 Å². The number of carbonyl (C=O) groups is 1. The topological polar surface area (TPSA) is 95.7 Å². The fraction of sp³-hybridized carbons (Fsp3) is 0.304. The molecule has 172 valence electrons. The van der Waals surface area contributed by atoms with Crippen LogP contribution in [0.1, 0.15) is 36.2 Å². The van der Waals surface area contributed by atoms with E-state index in [2.05, 4.69) is 20.3 Å². The van der Waals surface area contributed by atoms with Crippen LogP contribution in [0.3, 0.4) is 0 Å². The van der Waals surface area contributed by atoms with Crippen molar-refractivity contribution in [2.45, 2.75) is 32.9 Å². The number of aliphatic hydroxyl groups excluding tert-OH is 1. The van der Waals surface area contributed by atoms with Crippen LogP contribution >= 0.6 is 22.9 Å². The lowest BCUT2D eigenvalue weighted by Crippen LogP contribution is -2.41. The zero-order chi connectivity index (χ0) is 23.4. The van der Waals surface area contributed by atoms with Crippen LogP contribution in [-0.4, -0.2) is 48.5 Å². The van der Waals surface area contributed by atoms with Crippen LogP contribution < -0.4 is 5.32 Å². The van der Waals surface area contributed by atoms with Crippen molar-refractivity contribution >= 4 is 34.6 Å². The molecule has 0 bridgehead atoms. The van der Waals surface area contributed by atoms with Gasteiger partial charge in [0.15, 0.2) is 10.8 Å². The van der Waals surface area contributed by atoms with Crippen LogP contribution in [0.5, 0.6) is 0 Å². The SMILES string of the molecule is CCN(C(=O)NCc1nc(CCO)cs1)[C@H](C)c1cccc(-c2cn3ccnc3c(Cl)n2)c1. The molecule has 10 heteroatoms. The van der Waals surface area contributed by atoms with Gasteiger partial charge in [-0.1, -0.05) is 29.8 Å². The standard InChI is InChI=1S/C23H25ClN6O2S/c1-3-30(23(32)26-12-20-27-18(7-10-31)14-33-20)15(2)16-5-4-6-17(11-16)19-13-29-9-8-25-22(29)21(24)28-19/h4-6,8-9,11,13-15,31H,3,7,10,12H2,1-2H3,(H,26,32)/t15-/m1/s1. The Morgan fingerprint density at radius 2 is 2.21 bits per heavy atom. The monoisotopic (exact) mass is 484 g/mol. The van der Waals surface area contributed by atoms with E-state index >= 15 is 0 Å². The number of imidazole rings is 1. The van der Waals surface area contributed by atoms with Gasteiger partial charge in [-0.25, -0.2) is 19.7 Å². The Labute approximate surface area is 200 Å². The first kappa shape index (κ1) is 23.2. The number of hydrogen-bond acceptors (Lipinski definition) is 6. The number of benzene rings is 1. The maximum atomic E-state index is 12.9. The van der Waals surface area contributed by atoms with Crippen LogP contribution in [0.4, 0.5) is 4.79 Å². The van der Waals surface area contributed by atoms with Gasteiger partial charge in [-0.05, 0) is 25.5 Å². The number of hydrogen-bond donors (Lipinski definition) is 2. The number of rotatable bonds is 8. The minimum absolute atomic E-state index is 0.0631. The number of thiazole rings is 1. The molecule has 0 radical (unpaired) electrons. The van der Waals surface area contributed by atoms with Gasteiger partial charge in [-0.2, -0.15) is 0 Å². The van der Waals surface area contributed by atoms with E-state index in [1.54, 1.807) is 11.1 Å². The third-order valence-electron chi connectivity index (χ3n) is 5.43. The molecule has 0 saturated carbocycles. The van der Waals surface area contributed by atoms with E-state index in [9.17, 15) is 4.79 Å². The predicted octanol–water partition coefficient (Wildman–Crippen LogP) is 4.33. The van der Waals surface area contributed by atoms with Crippen molar-refractivity contribution in [3.05, 3.63) is 69.7 Å². The molecule has 3 aromatic heterocycles. The summed E-state index contributed by atoms with van der Waals surface area (Å²) >= 11 is 7.78. The number of carbonyl (C=O) groups excluding carboxylic acids is 1. The van der Waals surface area contributed by atoms with Gasteiger partial charge in [-0.3, -0.25) is 0 Å². The molecule has 0 fully saturated rings. The van der Waals surface area contributed by atoms with Gasteiger partial charge in [0.25, 0.3) is 0 Å². The number of aliphatic hydroxyl groups is 1. The summed E-state index contributed by atoms with van der Waals surface area (Å²) in [5.74, 6) is 0. The van der Waals surface area contributed by atoms with Crippen molar-refractivity contribution < 1.29 is 9.90 Å². The Kier molecular flexibility index (Phi) is 7.22. The van der Waals surface area contributed by atoms with Crippen molar-refractivity contribution in [1.29, 1.82) is 0 Å². The van der Waals surface area contributed by atoms with Crippen LogP contribution in [-0.2, 0) is 13.0 Å². The second-order valence-corrected chi connectivity index (χ2v) is 8.83. The summed E-state index contributed by atoms with van der Waals surface area (Å²) in [4.78, 5) is 27.8. The molecule has 0 saturated heterocycles. The molecule has 2 N–H and O–H groups in total. The van der Waals surface area contributed by atoms with Gasteiger partial charge < -0.3 is 19.7 Å². The number of halogens is 1. The van der Waals surface area contributed by atoms with Crippen LogP contribution in [0, 0.1) is 0 Å². The number of fused-ring (bicyclic) bond motifs is 1. The first-order valence-corrected chi connectivity index (χ1v) is 11.9. The summed E-state index contributed by atoms with van der Waals surface area (Å²) in [6, 6.07) is 7.66. The van der Waals surface area contributed by atoms with Crippen molar-refractivity contribution in [2.24, 2.45) is 0 Å². The van der Waals surface area contributed by atoms with Crippen LogP contribution in [0.25, 0.3) is 16.9 Å². The number of nitrogens with zero attached hydrogens (tertiary/aromatic N) is 5. The van der Waals surface area contributed by atoms with E-state index in [1.807, 2.05) is 60.3 Å². The lowest BCUT2D eigenvalue weighted by molar-refractivity contribution is 0.182. The number of nitrogens with one attached hydrogen (secondary N) is 1. The molecule has 1 atom stereocenters. The summed E-state index contributed by atoms with van der Waals surface area (Å²) in [5, 5.41) is 15.1. The lowest BCUT2D eigenvalue weighted by atomic mass is 10.0. The highest BCUT2D eigenvalue weighted by molar-refractivity contribution is 7.09. The third kappa shape index (κ3) is 5.16. The van der Waals surface area contributed by atoms with Gasteiger partial charge in [0.1, 0.15) is 5.01 Å². The highest BCUT2D eigenvalue weighted by Gasteiger charge is 2.21. The molecule has 3 heterocycles. The summed E-state index contributed by atoms with van der Waals surface area (Å²) < 4.78 is 1.84. The van der Waals surface area contributed by atoms with E-state index in [4.69, 9.17) is 16.7 Å². The first-order valence-electron chi connectivity index (χ1n) is 10.7. The average molecular weight is 485 g/mol. The van der Waals surface area contributed by atoms with E-state index < -0.39 is 0 Å². The van der Waals surface area contributed by atoms with E-state index in [1.165, 1.54) is 11.3 Å². The lowest BCUT2D eigenvalue weighted by Gasteiger charge is -2.28. The Balaban J connectivity index is 1.49. The number of urea groups is 1. The second kappa shape index (κ2) is 10.3. The minimum atomic E-state index is -0.157. The van der Waals surface area contributed by atoms with Crippen molar-refractivity contribution in [2.75, 3.05) is 13.2 Å². The normalized spacial score (nSPS) is 12.1. The summed E-state index contributed by atoms with van der Waals surface area (Å²) in [5.41, 5.74) is 4.09. The fourth-order valence-electron chi connectivity index (χ4n) is 3.68. The quantitative estimate of drug-likeness (QED) is 0.388. The average Bonchev–Trinajstić information content (AvgIpc) is 3.48. The van der Waals surface area contributed by atoms with E-state index in [-0.39, 0.29) is 18.7 Å². The van der Waals surface area contributed by atoms with Crippen LogP contribution in [0.2, 0.25) is 5.15 Å². The Morgan fingerprint density at radius 3 is 3.00 bits per heavy atom. The molecule has 0 aliphatic carbocycles. The zero-order valence-electron chi connectivity index (χ0n) is 18.4. The Morgan fingerprint density at radius 1 is 1.36 bits per heavy atom. The van der Waals surface area contributed by atoms with Crippen molar-refractivity contribution in [3.8, 4) is 11.3 Å². The highest BCUT2D eigenvalue weighted by Crippen LogP contribution is 2.27. The fourth-order valence-corrected chi connectivity index (χ4v) is 4.68. The van der Waals surface area contributed by atoms with Gasteiger partial charge in [0.05, 0.1) is 24.0 Å². The molecule has 33 heavy (non-hydrogen) atoms. The Bertz CT molecular complexity index is 1260. The van der Waals surface area contributed by atoms with Crippen LogP contribution in [0.15, 0.2) is 48.2 Å². The summed E-state index contributed by atoms with van der Waals surface area (Å²) in [6.07, 6.45) is 5.92. The molecule has 8 nitrogen and oxygen atoms in total. The number of amides is 2. The van der Waals surface area contributed by atoms with Crippen molar-refractivity contribution in [1.82, 2.24) is 29.6 Å². The van der Waals surface area contributed by atoms with Gasteiger partial charge in [0.2, 0.25) is 0 Å².